The third-order valence-corrected chi connectivity index (χ3v) is 1.27. The number of halogens is 3. The first-order valence-electron chi connectivity index (χ1n) is 3.87. The Morgan fingerprint density at radius 1 is 1.53 bits per heavy atom. The second-order valence-electron chi connectivity index (χ2n) is 2.54. The highest BCUT2D eigenvalue weighted by atomic mass is 19.4. The number of rotatable bonds is 2. The topological polar surface area (TPSA) is 76.2 Å². The molecule has 0 aliphatic heterocycles. The Hall–Kier alpha value is -1.86. The predicted octanol–water partition coefficient (Wildman–Crippen LogP) is 0.765. The number of nitrogens with zero attached hydrogens (tertiary/aromatic N) is 3. The van der Waals surface area contributed by atoms with Crippen LogP contribution in [0.1, 0.15) is 0 Å². The van der Waals surface area contributed by atoms with Gasteiger partial charge in [-0.3, -0.25) is 0 Å². The second kappa shape index (κ2) is 4.58. The van der Waals surface area contributed by atoms with Crippen molar-refractivity contribution in [3.05, 3.63) is 18.6 Å². The van der Waals surface area contributed by atoms with E-state index in [1.54, 1.807) is 0 Å². The van der Waals surface area contributed by atoms with Crippen LogP contribution in [0.2, 0.25) is 0 Å². The summed E-state index contributed by atoms with van der Waals surface area (Å²) in [6, 6.07) is 1.45. The van der Waals surface area contributed by atoms with Gasteiger partial charge in [0, 0.05) is 6.20 Å². The molecule has 1 aromatic rings. The zero-order valence-electron chi connectivity index (χ0n) is 7.49. The van der Waals surface area contributed by atoms with Crippen molar-refractivity contribution in [1.29, 1.82) is 0 Å². The molecule has 0 aliphatic rings. The maximum atomic E-state index is 11.7. The fraction of sp³-hybridized carbons (Fsp3) is 0.286. The first-order valence-corrected chi connectivity index (χ1v) is 3.87. The Balaban J connectivity index is 2.53. The molecule has 82 valence electrons. The molecule has 8 heteroatoms. The van der Waals surface area contributed by atoms with Crippen molar-refractivity contribution in [3.63, 3.8) is 0 Å². The maximum absolute atomic E-state index is 11.7. The third kappa shape index (κ3) is 4.79. The fourth-order valence-electron chi connectivity index (χ4n) is 0.710. The number of aliphatic imine (C=N–C) groups is 1. The summed E-state index contributed by atoms with van der Waals surface area (Å²) in [5.74, 6) is -0.0561. The summed E-state index contributed by atoms with van der Waals surface area (Å²) in [5, 5.41) is 2.39. The summed E-state index contributed by atoms with van der Waals surface area (Å²) >= 11 is 0. The minimum Gasteiger partial charge on any atom is -0.370 e. The first kappa shape index (κ1) is 11.2. The average Bonchev–Trinajstić information content (AvgIpc) is 2.15. The van der Waals surface area contributed by atoms with E-state index in [9.17, 15) is 13.2 Å². The Morgan fingerprint density at radius 2 is 2.27 bits per heavy atom. The van der Waals surface area contributed by atoms with Gasteiger partial charge in [-0.25, -0.2) is 15.0 Å². The number of guanidine groups is 1. The van der Waals surface area contributed by atoms with E-state index in [0.29, 0.717) is 0 Å². The van der Waals surface area contributed by atoms with Crippen molar-refractivity contribution in [3.8, 4) is 0 Å². The number of hydrogen-bond donors (Lipinski definition) is 2. The summed E-state index contributed by atoms with van der Waals surface area (Å²) < 4.78 is 35.2. The molecule has 0 spiro atoms. The highest BCUT2D eigenvalue weighted by Crippen LogP contribution is 2.14. The maximum Gasteiger partial charge on any atom is 0.408 e. The Labute approximate surface area is 83.2 Å². The zero-order chi connectivity index (χ0) is 11.3. The highest BCUT2D eigenvalue weighted by molar-refractivity contribution is 5.91. The van der Waals surface area contributed by atoms with Crippen LogP contribution in [0.3, 0.4) is 0 Å². The normalized spacial score (nSPS) is 12.6. The molecule has 0 unspecified atom stereocenters. The van der Waals surface area contributed by atoms with E-state index in [2.05, 4.69) is 20.3 Å². The largest absolute Gasteiger partial charge is 0.408 e. The molecule has 1 heterocycles. The summed E-state index contributed by atoms with van der Waals surface area (Å²) in [7, 11) is 0. The molecular formula is C7H8F3N5. The minimum absolute atomic E-state index is 0.286. The number of hydrogen-bond acceptors (Lipinski definition) is 3. The van der Waals surface area contributed by atoms with Gasteiger partial charge >= 0.3 is 6.18 Å². The van der Waals surface area contributed by atoms with E-state index >= 15 is 0 Å². The molecule has 0 amide bonds. The lowest BCUT2D eigenvalue weighted by atomic mass is 10.6. The number of nitrogens with one attached hydrogen (secondary N) is 1. The molecule has 0 saturated heterocycles. The zero-order valence-corrected chi connectivity index (χ0v) is 7.49. The van der Waals surface area contributed by atoms with Crippen LogP contribution in [0.5, 0.6) is 0 Å². The molecule has 0 saturated carbocycles. The fourth-order valence-corrected chi connectivity index (χ4v) is 0.710. The van der Waals surface area contributed by atoms with E-state index in [4.69, 9.17) is 5.73 Å². The van der Waals surface area contributed by atoms with Crippen molar-refractivity contribution in [1.82, 2.24) is 9.97 Å². The predicted molar refractivity (Wildman–Crippen MR) is 48.2 cm³/mol. The van der Waals surface area contributed by atoms with Crippen LogP contribution in [-0.4, -0.2) is 28.6 Å². The molecule has 0 bridgehead atoms. The van der Waals surface area contributed by atoms with Crippen molar-refractivity contribution < 1.29 is 13.2 Å². The Morgan fingerprint density at radius 3 is 2.80 bits per heavy atom. The van der Waals surface area contributed by atoms with Crippen LogP contribution in [0.4, 0.5) is 19.0 Å². The quantitative estimate of drug-likeness (QED) is 0.568. The highest BCUT2D eigenvalue weighted by Gasteiger charge is 2.26. The molecule has 0 aromatic carbocycles. The number of alkyl halides is 3. The van der Waals surface area contributed by atoms with Gasteiger partial charge in [-0.05, 0) is 6.07 Å². The number of aromatic nitrogens is 2. The standard InChI is InChI=1S/C7H8F3N5/c8-7(9,10)3-13-6(11)15-5-1-2-12-4-14-5/h1-2,4H,3H2,(H3,11,12,13,14,15). The first-order chi connectivity index (χ1) is 6.97. The van der Waals surface area contributed by atoms with Gasteiger partial charge in [-0.15, -0.1) is 0 Å². The van der Waals surface area contributed by atoms with Gasteiger partial charge in [0.05, 0.1) is 0 Å². The molecule has 1 rings (SSSR count). The van der Waals surface area contributed by atoms with Gasteiger partial charge in [-0.1, -0.05) is 0 Å². The third-order valence-electron chi connectivity index (χ3n) is 1.27. The molecule has 0 fully saturated rings. The van der Waals surface area contributed by atoms with Crippen LogP contribution in [0, 0.1) is 0 Å². The molecule has 0 aliphatic carbocycles. The van der Waals surface area contributed by atoms with Gasteiger partial charge in [0.2, 0.25) is 0 Å². The van der Waals surface area contributed by atoms with E-state index in [1.165, 1.54) is 18.6 Å². The monoisotopic (exact) mass is 219 g/mol. The molecule has 0 radical (unpaired) electrons. The van der Waals surface area contributed by atoms with Gasteiger partial charge in [0.25, 0.3) is 0 Å². The van der Waals surface area contributed by atoms with E-state index in [-0.39, 0.29) is 11.8 Å². The lowest BCUT2D eigenvalue weighted by Gasteiger charge is -2.05. The number of nitrogens with two attached hydrogens (primary N) is 1. The second-order valence-corrected chi connectivity index (χ2v) is 2.54. The molecule has 3 N–H and O–H groups in total. The summed E-state index contributed by atoms with van der Waals surface area (Å²) in [6.45, 7) is -1.32. The van der Waals surface area contributed by atoms with E-state index in [1.807, 2.05) is 0 Å². The van der Waals surface area contributed by atoms with Crippen molar-refractivity contribution in [2.75, 3.05) is 11.9 Å². The van der Waals surface area contributed by atoms with Gasteiger partial charge in [0.1, 0.15) is 18.7 Å². The van der Waals surface area contributed by atoms with Crippen LogP contribution >= 0.6 is 0 Å². The molecular weight excluding hydrogens is 211 g/mol. The van der Waals surface area contributed by atoms with Crippen molar-refractivity contribution in [2.24, 2.45) is 10.7 Å². The van der Waals surface area contributed by atoms with Crippen LogP contribution in [0.25, 0.3) is 0 Å². The lowest BCUT2D eigenvalue weighted by Crippen LogP contribution is -2.25. The van der Waals surface area contributed by atoms with E-state index < -0.39 is 12.7 Å². The molecule has 15 heavy (non-hydrogen) atoms. The summed E-state index contributed by atoms with van der Waals surface area (Å²) in [6.07, 6.45) is -1.70. The van der Waals surface area contributed by atoms with Crippen molar-refractivity contribution in [2.45, 2.75) is 6.18 Å². The molecule has 0 atom stereocenters. The van der Waals surface area contributed by atoms with Gasteiger partial charge in [0.15, 0.2) is 5.96 Å². The minimum atomic E-state index is -4.36. The van der Waals surface area contributed by atoms with Crippen LogP contribution < -0.4 is 11.1 Å². The SMILES string of the molecule is NC(=NCC(F)(F)F)Nc1ccncn1. The Kier molecular flexibility index (Phi) is 3.42. The van der Waals surface area contributed by atoms with Gasteiger partial charge in [-0.2, -0.15) is 13.2 Å². The summed E-state index contributed by atoms with van der Waals surface area (Å²) in [5.41, 5.74) is 5.19. The van der Waals surface area contributed by atoms with Crippen LogP contribution in [0.15, 0.2) is 23.6 Å². The smallest absolute Gasteiger partial charge is 0.370 e. The van der Waals surface area contributed by atoms with E-state index in [0.717, 1.165) is 0 Å². The molecule has 5 nitrogen and oxygen atoms in total. The molecule has 1 aromatic heterocycles. The number of anilines is 1. The summed E-state index contributed by atoms with van der Waals surface area (Å²) in [4.78, 5) is 10.4. The van der Waals surface area contributed by atoms with Gasteiger partial charge < -0.3 is 11.1 Å². The Bertz CT molecular complexity index is 334. The average molecular weight is 219 g/mol. The van der Waals surface area contributed by atoms with Crippen LogP contribution in [-0.2, 0) is 0 Å². The lowest BCUT2D eigenvalue weighted by molar-refractivity contribution is -0.118. The van der Waals surface area contributed by atoms with Crippen molar-refractivity contribution >= 4 is 11.8 Å².